The second kappa shape index (κ2) is 9.61. The molecule has 0 aliphatic carbocycles. The van der Waals surface area contributed by atoms with Crippen LogP contribution in [-0.2, 0) is 14.2 Å². The van der Waals surface area contributed by atoms with E-state index in [2.05, 4.69) is 15.3 Å². The topological polar surface area (TPSA) is 120 Å². The number of hydrogen-bond donors (Lipinski definition) is 1. The van der Waals surface area contributed by atoms with Gasteiger partial charge < -0.3 is 24.4 Å². The summed E-state index contributed by atoms with van der Waals surface area (Å²) in [7, 11) is 2.45. The number of hydrogen-bond acceptors (Lipinski definition) is 9. The molecule has 170 valence electrons. The van der Waals surface area contributed by atoms with Gasteiger partial charge in [0.1, 0.15) is 0 Å². The number of amides is 1. The Kier molecular flexibility index (Phi) is 6.45. The maximum atomic E-state index is 13.3. The normalized spacial score (nSPS) is 13.5. The molecule has 0 bridgehead atoms. The first-order valence-electron chi connectivity index (χ1n) is 10.2. The molecular weight excluding hydrogens is 428 g/mol. The number of rotatable bonds is 5. The average Bonchev–Trinajstić information content (AvgIpc) is 2.87. The fourth-order valence-electron chi connectivity index (χ4n) is 3.50. The van der Waals surface area contributed by atoms with Gasteiger partial charge in [-0.15, -0.1) is 0 Å². The predicted molar refractivity (Wildman–Crippen MR) is 120 cm³/mol. The SMILES string of the molecule is COC(=O)c1cc(NC(=O)c2nc3ccccc3nc2N2CCOCC2)cc(C(=O)OC)c1. The van der Waals surface area contributed by atoms with Crippen molar-refractivity contribution in [3.05, 3.63) is 59.3 Å². The summed E-state index contributed by atoms with van der Waals surface area (Å²) in [6, 6.07) is 11.4. The fraction of sp³-hybridized carbons (Fsp3) is 0.261. The van der Waals surface area contributed by atoms with Crippen LogP contribution in [0.15, 0.2) is 42.5 Å². The zero-order valence-corrected chi connectivity index (χ0v) is 18.2. The Balaban J connectivity index is 1.74. The molecule has 1 N–H and O–H groups in total. The summed E-state index contributed by atoms with van der Waals surface area (Å²) in [5, 5.41) is 2.73. The zero-order chi connectivity index (χ0) is 23.4. The number of ether oxygens (including phenoxy) is 3. The van der Waals surface area contributed by atoms with Crippen molar-refractivity contribution >= 4 is 40.4 Å². The molecule has 33 heavy (non-hydrogen) atoms. The van der Waals surface area contributed by atoms with Crippen LogP contribution in [-0.4, -0.2) is 68.3 Å². The second-order valence-corrected chi connectivity index (χ2v) is 7.22. The number of methoxy groups -OCH3 is 2. The number of carbonyl (C=O) groups is 3. The van der Waals surface area contributed by atoms with E-state index in [1.54, 1.807) is 6.07 Å². The minimum atomic E-state index is -0.657. The number of nitrogens with zero attached hydrogens (tertiary/aromatic N) is 3. The lowest BCUT2D eigenvalue weighted by Crippen LogP contribution is -2.38. The number of para-hydroxylation sites is 2. The third-order valence-electron chi connectivity index (χ3n) is 5.11. The zero-order valence-electron chi connectivity index (χ0n) is 18.2. The summed E-state index contributed by atoms with van der Waals surface area (Å²) in [4.78, 5) is 48.6. The van der Waals surface area contributed by atoms with Crippen molar-refractivity contribution in [3.8, 4) is 0 Å². The lowest BCUT2D eigenvalue weighted by molar-refractivity contribution is 0.0599. The molecule has 10 nitrogen and oxygen atoms in total. The highest BCUT2D eigenvalue weighted by atomic mass is 16.5. The van der Waals surface area contributed by atoms with Crippen LogP contribution in [0.2, 0.25) is 0 Å². The molecule has 4 rings (SSSR count). The lowest BCUT2D eigenvalue weighted by Gasteiger charge is -2.29. The molecule has 1 aliphatic heterocycles. The summed E-state index contributed by atoms with van der Waals surface area (Å²) in [5.74, 6) is -1.41. The highest BCUT2D eigenvalue weighted by Crippen LogP contribution is 2.24. The van der Waals surface area contributed by atoms with Crippen molar-refractivity contribution in [3.63, 3.8) is 0 Å². The van der Waals surface area contributed by atoms with E-state index in [1.165, 1.54) is 32.4 Å². The van der Waals surface area contributed by atoms with Crippen LogP contribution in [0.3, 0.4) is 0 Å². The van der Waals surface area contributed by atoms with E-state index in [0.717, 1.165) is 0 Å². The van der Waals surface area contributed by atoms with E-state index in [4.69, 9.17) is 14.2 Å². The molecule has 0 radical (unpaired) electrons. The number of aromatic nitrogens is 2. The van der Waals surface area contributed by atoms with Gasteiger partial charge in [-0.25, -0.2) is 19.6 Å². The first-order chi connectivity index (χ1) is 16.0. The average molecular weight is 450 g/mol. The van der Waals surface area contributed by atoms with Crippen LogP contribution in [0.5, 0.6) is 0 Å². The second-order valence-electron chi connectivity index (χ2n) is 7.22. The van der Waals surface area contributed by atoms with Gasteiger partial charge >= 0.3 is 11.9 Å². The number of anilines is 2. The summed E-state index contributed by atoms with van der Waals surface area (Å²) >= 11 is 0. The molecule has 0 spiro atoms. The monoisotopic (exact) mass is 450 g/mol. The maximum absolute atomic E-state index is 13.3. The van der Waals surface area contributed by atoms with Gasteiger partial charge in [0.05, 0.1) is 49.6 Å². The van der Waals surface area contributed by atoms with Gasteiger partial charge in [0, 0.05) is 18.8 Å². The third-order valence-corrected chi connectivity index (χ3v) is 5.11. The fourth-order valence-corrected chi connectivity index (χ4v) is 3.50. The largest absolute Gasteiger partial charge is 0.465 e. The predicted octanol–water partition coefficient (Wildman–Crippen LogP) is 2.29. The number of carbonyl (C=O) groups excluding carboxylic acids is 3. The first-order valence-corrected chi connectivity index (χ1v) is 10.2. The van der Waals surface area contributed by atoms with Crippen molar-refractivity contribution in [1.29, 1.82) is 0 Å². The Hall–Kier alpha value is -4.05. The highest BCUT2D eigenvalue weighted by molar-refractivity contribution is 6.08. The molecule has 3 aromatic rings. The van der Waals surface area contributed by atoms with Gasteiger partial charge in [0.2, 0.25) is 0 Å². The lowest BCUT2D eigenvalue weighted by atomic mass is 10.1. The standard InChI is InChI=1S/C23H22N4O6/c1-31-22(29)14-11-15(23(30)32-2)13-16(12-14)24-21(28)19-20(27-7-9-33-10-8-27)26-18-6-4-3-5-17(18)25-19/h3-6,11-13H,7-10H2,1-2H3,(H,24,28). The van der Waals surface area contributed by atoms with E-state index in [0.29, 0.717) is 43.2 Å². The molecule has 0 atom stereocenters. The van der Waals surface area contributed by atoms with E-state index in [9.17, 15) is 14.4 Å². The number of fused-ring (bicyclic) bond motifs is 1. The first kappa shape index (κ1) is 22.2. The summed E-state index contributed by atoms with van der Waals surface area (Å²) in [5.41, 5.74) is 1.75. The van der Waals surface area contributed by atoms with E-state index < -0.39 is 17.8 Å². The molecule has 1 aliphatic rings. The molecule has 0 saturated carbocycles. The third kappa shape index (κ3) is 4.75. The van der Waals surface area contributed by atoms with Crippen LogP contribution < -0.4 is 10.2 Å². The Bertz CT molecular complexity index is 1190. The van der Waals surface area contributed by atoms with Crippen LogP contribution in [0.1, 0.15) is 31.2 Å². The van der Waals surface area contributed by atoms with Gasteiger partial charge in [-0.3, -0.25) is 4.79 Å². The minimum Gasteiger partial charge on any atom is -0.465 e. The molecule has 2 heterocycles. The Morgan fingerprint density at radius 3 is 2.06 bits per heavy atom. The van der Waals surface area contributed by atoms with Crippen LogP contribution in [0, 0.1) is 0 Å². The maximum Gasteiger partial charge on any atom is 0.337 e. The Labute approximate surface area is 189 Å². The van der Waals surface area contributed by atoms with Gasteiger partial charge in [-0.2, -0.15) is 0 Å². The van der Waals surface area contributed by atoms with Crippen LogP contribution >= 0.6 is 0 Å². The molecule has 0 unspecified atom stereocenters. The van der Waals surface area contributed by atoms with E-state index in [1.807, 2.05) is 23.1 Å². The van der Waals surface area contributed by atoms with Crippen molar-refractivity contribution < 1.29 is 28.6 Å². The number of morpholine rings is 1. The molecule has 10 heteroatoms. The Morgan fingerprint density at radius 2 is 1.48 bits per heavy atom. The van der Waals surface area contributed by atoms with Gasteiger partial charge in [0.25, 0.3) is 5.91 Å². The minimum absolute atomic E-state index is 0.0914. The van der Waals surface area contributed by atoms with E-state index in [-0.39, 0.29) is 22.5 Å². The quantitative estimate of drug-likeness (QED) is 0.584. The van der Waals surface area contributed by atoms with Crippen molar-refractivity contribution in [1.82, 2.24) is 9.97 Å². The number of nitrogens with one attached hydrogen (secondary N) is 1. The smallest absolute Gasteiger partial charge is 0.337 e. The molecular formula is C23H22N4O6. The molecule has 1 aromatic heterocycles. The molecule has 1 amide bonds. The van der Waals surface area contributed by atoms with Crippen molar-refractivity contribution in [2.75, 3.05) is 50.7 Å². The number of benzene rings is 2. The molecule has 2 aromatic carbocycles. The van der Waals surface area contributed by atoms with Gasteiger partial charge in [0.15, 0.2) is 11.5 Å². The molecule has 1 fully saturated rings. The summed E-state index contributed by atoms with van der Waals surface area (Å²) < 4.78 is 14.9. The summed E-state index contributed by atoms with van der Waals surface area (Å²) in [6.45, 7) is 2.16. The van der Waals surface area contributed by atoms with Crippen LogP contribution in [0.4, 0.5) is 11.5 Å². The highest BCUT2D eigenvalue weighted by Gasteiger charge is 2.24. The molecule has 1 saturated heterocycles. The summed E-state index contributed by atoms with van der Waals surface area (Å²) in [6.07, 6.45) is 0. The van der Waals surface area contributed by atoms with Crippen LogP contribution in [0.25, 0.3) is 11.0 Å². The van der Waals surface area contributed by atoms with Gasteiger partial charge in [-0.1, -0.05) is 12.1 Å². The van der Waals surface area contributed by atoms with E-state index >= 15 is 0 Å². The Morgan fingerprint density at radius 1 is 0.909 bits per heavy atom. The number of esters is 2. The van der Waals surface area contributed by atoms with Crippen molar-refractivity contribution in [2.24, 2.45) is 0 Å². The van der Waals surface area contributed by atoms with Crippen molar-refractivity contribution in [2.45, 2.75) is 0 Å². The van der Waals surface area contributed by atoms with Gasteiger partial charge in [-0.05, 0) is 30.3 Å².